The van der Waals surface area contributed by atoms with E-state index in [0.29, 0.717) is 18.7 Å². The van der Waals surface area contributed by atoms with Crippen LogP contribution in [-0.2, 0) is 11.3 Å². The number of para-hydroxylation sites is 1. The number of alkyl halides is 2. The SMILES string of the molecule is CCOc1ccc(CN(C)C(=O)/C=C/c2cccc(OC)c2OC(F)F)cc1. The predicted molar refractivity (Wildman–Crippen MR) is 103 cm³/mol. The number of methoxy groups -OCH3 is 1. The highest BCUT2D eigenvalue weighted by atomic mass is 19.3. The monoisotopic (exact) mass is 391 g/mol. The molecule has 0 heterocycles. The lowest BCUT2D eigenvalue weighted by Gasteiger charge is -2.16. The molecule has 0 bridgehead atoms. The Hall–Kier alpha value is -3.09. The zero-order valence-corrected chi connectivity index (χ0v) is 16.0. The Morgan fingerprint density at radius 1 is 1.18 bits per heavy atom. The lowest BCUT2D eigenvalue weighted by molar-refractivity contribution is -0.125. The first-order valence-electron chi connectivity index (χ1n) is 8.71. The van der Waals surface area contributed by atoms with Gasteiger partial charge in [0, 0.05) is 25.2 Å². The zero-order valence-electron chi connectivity index (χ0n) is 16.0. The van der Waals surface area contributed by atoms with Crippen LogP contribution in [0, 0.1) is 0 Å². The highest BCUT2D eigenvalue weighted by molar-refractivity contribution is 5.92. The van der Waals surface area contributed by atoms with Gasteiger partial charge in [-0.25, -0.2) is 0 Å². The van der Waals surface area contributed by atoms with E-state index in [9.17, 15) is 13.6 Å². The summed E-state index contributed by atoms with van der Waals surface area (Å²) < 4.78 is 40.3. The first-order chi connectivity index (χ1) is 13.4. The Balaban J connectivity index is 2.08. The van der Waals surface area contributed by atoms with Crippen LogP contribution in [0.15, 0.2) is 48.5 Å². The van der Waals surface area contributed by atoms with E-state index >= 15 is 0 Å². The highest BCUT2D eigenvalue weighted by Crippen LogP contribution is 2.33. The van der Waals surface area contributed by atoms with Gasteiger partial charge >= 0.3 is 6.61 Å². The molecule has 0 unspecified atom stereocenters. The van der Waals surface area contributed by atoms with Crippen molar-refractivity contribution in [2.24, 2.45) is 0 Å². The van der Waals surface area contributed by atoms with E-state index in [0.717, 1.165) is 11.3 Å². The molecule has 0 aromatic heterocycles. The summed E-state index contributed by atoms with van der Waals surface area (Å²) in [5.41, 5.74) is 1.26. The van der Waals surface area contributed by atoms with Gasteiger partial charge in [-0.15, -0.1) is 0 Å². The van der Waals surface area contributed by atoms with Gasteiger partial charge in [-0.05, 0) is 36.8 Å². The topological polar surface area (TPSA) is 48.0 Å². The molecule has 0 aliphatic heterocycles. The molecule has 2 rings (SSSR count). The summed E-state index contributed by atoms with van der Waals surface area (Å²) >= 11 is 0. The first-order valence-corrected chi connectivity index (χ1v) is 8.71. The normalized spacial score (nSPS) is 10.9. The van der Waals surface area contributed by atoms with Crippen molar-refractivity contribution in [2.75, 3.05) is 20.8 Å². The maximum Gasteiger partial charge on any atom is 0.387 e. The molecular weight excluding hydrogens is 368 g/mol. The molecular formula is C21H23F2NO4. The van der Waals surface area contributed by atoms with Gasteiger partial charge in [0.25, 0.3) is 0 Å². The molecule has 0 saturated carbocycles. The maximum absolute atomic E-state index is 12.7. The van der Waals surface area contributed by atoms with Crippen LogP contribution in [0.1, 0.15) is 18.1 Å². The standard InChI is InChI=1S/C21H23F2NO4/c1-4-27-17-11-8-15(9-12-17)14-24(2)19(25)13-10-16-6-5-7-18(26-3)20(16)28-21(22)23/h5-13,21H,4,14H2,1-3H3/b13-10+. The van der Waals surface area contributed by atoms with Gasteiger partial charge in [0.05, 0.1) is 13.7 Å². The Morgan fingerprint density at radius 3 is 2.50 bits per heavy atom. The molecule has 0 atom stereocenters. The molecule has 1 amide bonds. The summed E-state index contributed by atoms with van der Waals surface area (Å²) in [6.45, 7) is -0.105. The number of hydrogen-bond donors (Lipinski definition) is 0. The third kappa shape index (κ3) is 5.97. The maximum atomic E-state index is 12.7. The third-order valence-corrected chi connectivity index (χ3v) is 3.87. The van der Waals surface area contributed by atoms with E-state index in [1.807, 2.05) is 31.2 Å². The average molecular weight is 391 g/mol. The quantitative estimate of drug-likeness (QED) is 0.596. The van der Waals surface area contributed by atoms with Crippen LogP contribution in [0.2, 0.25) is 0 Å². The largest absolute Gasteiger partial charge is 0.494 e. The second-order valence-corrected chi connectivity index (χ2v) is 5.86. The number of rotatable bonds is 9. The van der Waals surface area contributed by atoms with E-state index < -0.39 is 6.61 Å². The van der Waals surface area contributed by atoms with Crippen molar-refractivity contribution in [3.8, 4) is 17.2 Å². The summed E-state index contributed by atoms with van der Waals surface area (Å²) in [4.78, 5) is 13.9. The molecule has 7 heteroatoms. The second kappa shape index (κ2) is 10.3. The van der Waals surface area contributed by atoms with Crippen LogP contribution < -0.4 is 14.2 Å². The number of nitrogens with zero attached hydrogens (tertiary/aromatic N) is 1. The van der Waals surface area contributed by atoms with Crippen molar-refractivity contribution in [1.29, 1.82) is 0 Å². The van der Waals surface area contributed by atoms with Crippen molar-refractivity contribution in [3.05, 3.63) is 59.7 Å². The number of carbonyl (C=O) groups excluding carboxylic acids is 1. The lowest BCUT2D eigenvalue weighted by atomic mass is 10.1. The van der Waals surface area contributed by atoms with Crippen molar-refractivity contribution < 1.29 is 27.8 Å². The van der Waals surface area contributed by atoms with Gasteiger partial charge in [0.2, 0.25) is 5.91 Å². The minimum absolute atomic E-state index is 0.113. The number of ether oxygens (including phenoxy) is 3. The Bertz CT molecular complexity index is 807. The first kappa shape index (κ1) is 21.2. The number of halogens is 2. The summed E-state index contributed by atoms with van der Waals surface area (Å²) in [6.07, 6.45) is 2.74. The fraction of sp³-hybridized carbons (Fsp3) is 0.286. The molecule has 2 aromatic rings. The number of likely N-dealkylation sites (N-methyl/N-ethyl adjacent to an activating group) is 1. The van der Waals surface area contributed by atoms with Crippen LogP contribution in [-0.4, -0.2) is 38.2 Å². The van der Waals surface area contributed by atoms with Gasteiger partial charge in [-0.1, -0.05) is 24.3 Å². The third-order valence-electron chi connectivity index (χ3n) is 3.87. The number of hydrogen-bond acceptors (Lipinski definition) is 4. The van der Waals surface area contributed by atoms with Gasteiger partial charge in [-0.3, -0.25) is 4.79 Å². The van der Waals surface area contributed by atoms with E-state index in [1.165, 1.54) is 30.2 Å². The smallest absolute Gasteiger partial charge is 0.387 e. The molecule has 5 nitrogen and oxygen atoms in total. The van der Waals surface area contributed by atoms with Crippen molar-refractivity contribution in [2.45, 2.75) is 20.1 Å². The van der Waals surface area contributed by atoms with Crippen molar-refractivity contribution in [3.63, 3.8) is 0 Å². The average Bonchev–Trinajstić information content (AvgIpc) is 2.68. The predicted octanol–water partition coefficient (Wildman–Crippen LogP) is 4.37. The van der Waals surface area contributed by atoms with Crippen molar-refractivity contribution in [1.82, 2.24) is 4.90 Å². The fourth-order valence-corrected chi connectivity index (χ4v) is 2.54. The molecule has 0 N–H and O–H groups in total. The minimum Gasteiger partial charge on any atom is -0.494 e. The van der Waals surface area contributed by atoms with E-state index in [2.05, 4.69) is 4.74 Å². The zero-order chi connectivity index (χ0) is 20.5. The number of amides is 1. The lowest BCUT2D eigenvalue weighted by Crippen LogP contribution is -2.24. The van der Waals surface area contributed by atoms with Gasteiger partial charge in [0.1, 0.15) is 5.75 Å². The molecule has 0 spiro atoms. The molecule has 2 aromatic carbocycles. The van der Waals surface area contributed by atoms with E-state index in [1.54, 1.807) is 19.2 Å². The Labute approximate surface area is 163 Å². The number of benzene rings is 2. The Morgan fingerprint density at radius 2 is 1.89 bits per heavy atom. The molecule has 0 aliphatic carbocycles. The van der Waals surface area contributed by atoms with Gasteiger partial charge in [-0.2, -0.15) is 8.78 Å². The van der Waals surface area contributed by atoms with Crippen LogP contribution in [0.25, 0.3) is 6.08 Å². The molecule has 0 saturated heterocycles. The van der Waals surface area contributed by atoms with Crippen LogP contribution in [0.5, 0.6) is 17.2 Å². The minimum atomic E-state index is -3.00. The number of carbonyl (C=O) groups is 1. The summed E-state index contributed by atoms with van der Waals surface area (Å²) in [5, 5.41) is 0. The molecule has 150 valence electrons. The van der Waals surface area contributed by atoms with Crippen molar-refractivity contribution >= 4 is 12.0 Å². The summed E-state index contributed by atoms with van der Waals surface area (Å²) in [7, 11) is 3.02. The second-order valence-electron chi connectivity index (χ2n) is 5.86. The summed E-state index contributed by atoms with van der Waals surface area (Å²) in [6, 6.07) is 12.2. The van der Waals surface area contributed by atoms with Gasteiger partial charge < -0.3 is 19.1 Å². The molecule has 0 fully saturated rings. The fourth-order valence-electron chi connectivity index (χ4n) is 2.54. The van der Waals surface area contributed by atoms with Crippen LogP contribution in [0.3, 0.4) is 0 Å². The van der Waals surface area contributed by atoms with Gasteiger partial charge in [0.15, 0.2) is 11.5 Å². The molecule has 0 aliphatic rings. The molecule has 0 radical (unpaired) electrons. The van der Waals surface area contributed by atoms with Crippen LogP contribution >= 0.6 is 0 Å². The Kier molecular flexibility index (Phi) is 7.80. The van der Waals surface area contributed by atoms with E-state index in [-0.39, 0.29) is 17.4 Å². The molecule has 28 heavy (non-hydrogen) atoms. The van der Waals surface area contributed by atoms with Crippen LogP contribution in [0.4, 0.5) is 8.78 Å². The summed E-state index contributed by atoms with van der Waals surface area (Å²) in [5.74, 6) is 0.542. The highest BCUT2D eigenvalue weighted by Gasteiger charge is 2.14. The van der Waals surface area contributed by atoms with E-state index in [4.69, 9.17) is 9.47 Å².